The Morgan fingerprint density at radius 3 is 2.72 bits per heavy atom. The van der Waals surface area contributed by atoms with Gasteiger partial charge in [0, 0.05) is 18.7 Å². The molecular weight excluding hydrogens is 411 g/mol. The highest BCUT2D eigenvalue weighted by atomic mass is 35.5. The second kappa shape index (κ2) is 9.06. The Morgan fingerprint density at radius 1 is 1.48 bits per heavy atom. The lowest BCUT2D eigenvalue weighted by atomic mass is 10.0. The summed E-state index contributed by atoms with van der Waals surface area (Å²) in [5.41, 5.74) is -1.37. The summed E-state index contributed by atoms with van der Waals surface area (Å²) in [7, 11) is 0. The van der Waals surface area contributed by atoms with Gasteiger partial charge >= 0.3 is 0 Å². The van der Waals surface area contributed by atoms with E-state index in [0.717, 1.165) is 0 Å². The van der Waals surface area contributed by atoms with E-state index in [4.69, 9.17) is 16.3 Å². The number of aromatic nitrogens is 1. The summed E-state index contributed by atoms with van der Waals surface area (Å²) in [5.74, 6) is -3.67. The van der Waals surface area contributed by atoms with Crippen molar-refractivity contribution in [3.8, 4) is 0 Å². The van der Waals surface area contributed by atoms with E-state index in [0.29, 0.717) is 0 Å². The molecule has 1 saturated carbocycles. The van der Waals surface area contributed by atoms with Gasteiger partial charge in [0.05, 0.1) is 29.5 Å². The molecule has 2 rings (SSSR count). The first-order chi connectivity index (χ1) is 13.3. The first-order valence-electron chi connectivity index (χ1n) is 9.39. The SMILES string of the molecule is CC(C)OC1CC(Nc2cc(Cl)ncc2C(=O)NCC(F)C(C)(C)O)CC1(F)F. The molecule has 1 aliphatic carbocycles. The molecule has 29 heavy (non-hydrogen) atoms. The minimum Gasteiger partial charge on any atom is -0.387 e. The highest BCUT2D eigenvalue weighted by Crippen LogP contribution is 2.39. The van der Waals surface area contributed by atoms with Crippen LogP contribution in [0.3, 0.4) is 0 Å². The Morgan fingerprint density at radius 2 is 2.14 bits per heavy atom. The van der Waals surface area contributed by atoms with Gasteiger partial charge in [-0.2, -0.15) is 0 Å². The summed E-state index contributed by atoms with van der Waals surface area (Å²) in [6, 6.07) is 0.706. The minimum atomic E-state index is -3.00. The standard InChI is InChI=1S/C19H27ClF3N3O3/c1-10(2)29-15-5-11(7-19(15,22)23)26-13-6-16(20)24-8-12(13)17(27)25-9-14(21)18(3,4)28/h6,8,10-11,14-15,28H,5,7,9H2,1-4H3,(H,24,26)(H,25,27). The molecule has 10 heteroatoms. The molecule has 1 fully saturated rings. The average molecular weight is 438 g/mol. The van der Waals surface area contributed by atoms with Gasteiger partial charge in [-0.3, -0.25) is 4.79 Å². The van der Waals surface area contributed by atoms with Gasteiger partial charge in [-0.15, -0.1) is 0 Å². The molecule has 1 aliphatic rings. The zero-order valence-corrected chi connectivity index (χ0v) is 17.6. The lowest BCUT2D eigenvalue weighted by Crippen LogP contribution is -2.42. The number of hydrogen-bond donors (Lipinski definition) is 3. The number of hydrogen-bond acceptors (Lipinski definition) is 5. The van der Waals surface area contributed by atoms with Crippen LogP contribution in [-0.2, 0) is 4.74 Å². The Labute approximate surface area is 173 Å². The number of amides is 1. The minimum absolute atomic E-state index is 0.0360. The molecule has 1 aromatic heterocycles. The van der Waals surface area contributed by atoms with E-state index in [2.05, 4.69) is 15.6 Å². The number of nitrogens with zero attached hydrogens (tertiary/aromatic N) is 1. The summed E-state index contributed by atoms with van der Waals surface area (Å²) in [6.07, 6.45) is -2.48. The van der Waals surface area contributed by atoms with Gasteiger partial charge in [0.1, 0.15) is 17.4 Å². The van der Waals surface area contributed by atoms with Crippen LogP contribution in [0.2, 0.25) is 5.15 Å². The molecule has 0 aliphatic heterocycles. The van der Waals surface area contributed by atoms with Crippen LogP contribution in [0.25, 0.3) is 0 Å². The number of aliphatic hydroxyl groups is 1. The molecule has 3 atom stereocenters. The molecule has 1 amide bonds. The van der Waals surface area contributed by atoms with Gasteiger partial charge < -0.3 is 20.5 Å². The molecule has 3 N–H and O–H groups in total. The molecule has 0 radical (unpaired) electrons. The van der Waals surface area contributed by atoms with E-state index in [9.17, 15) is 23.1 Å². The van der Waals surface area contributed by atoms with Crippen molar-refractivity contribution in [1.29, 1.82) is 0 Å². The van der Waals surface area contributed by atoms with Crippen LogP contribution in [-0.4, -0.2) is 58.5 Å². The van der Waals surface area contributed by atoms with Crippen LogP contribution in [0.1, 0.15) is 50.9 Å². The normalized spacial score (nSPS) is 22.6. The average Bonchev–Trinajstić information content (AvgIpc) is 2.84. The third-order valence-corrected chi connectivity index (χ3v) is 4.81. The number of alkyl halides is 3. The van der Waals surface area contributed by atoms with Crippen LogP contribution in [0.15, 0.2) is 12.3 Å². The summed E-state index contributed by atoms with van der Waals surface area (Å²) in [5, 5.41) is 15.0. The number of carbonyl (C=O) groups is 1. The van der Waals surface area contributed by atoms with Crippen molar-refractivity contribution in [2.75, 3.05) is 11.9 Å². The maximum absolute atomic E-state index is 14.2. The predicted octanol–water partition coefficient (Wildman–Crippen LogP) is 3.58. The van der Waals surface area contributed by atoms with E-state index >= 15 is 0 Å². The van der Waals surface area contributed by atoms with Crippen molar-refractivity contribution in [2.45, 2.75) is 76.5 Å². The predicted molar refractivity (Wildman–Crippen MR) is 104 cm³/mol. The number of rotatable bonds is 8. The van der Waals surface area contributed by atoms with E-state index in [-0.39, 0.29) is 28.9 Å². The van der Waals surface area contributed by atoms with Gasteiger partial charge in [-0.1, -0.05) is 11.6 Å². The zero-order chi connectivity index (χ0) is 22.0. The zero-order valence-electron chi connectivity index (χ0n) is 16.8. The molecule has 0 saturated heterocycles. The number of carbonyl (C=O) groups excluding carboxylic acids is 1. The smallest absolute Gasteiger partial charge is 0.275 e. The molecule has 3 unspecified atom stereocenters. The molecule has 0 spiro atoms. The number of nitrogens with one attached hydrogen (secondary N) is 2. The van der Waals surface area contributed by atoms with Gasteiger partial charge in [0.2, 0.25) is 0 Å². The molecule has 1 aromatic rings. The van der Waals surface area contributed by atoms with E-state index < -0.39 is 48.7 Å². The fourth-order valence-electron chi connectivity index (χ4n) is 3.05. The summed E-state index contributed by atoms with van der Waals surface area (Å²) < 4.78 is 47.7. The maximum Gasteiger partial charge on any atom is 0.275 e. The van der Waals surface area contributed by atoms with Crippen LogP contribution >= 0.6 is 11.6 Å². The third kappa shape index (κ3) is 6.45. The van der Waals surface area contributed by atoms with Crippen molar-refractivity contribution in [2.24, 2.45) is 0 Å². The Hall–Kier alpha value is -1.58. The van der Waals surface area contributed by atoms with Crippen molar-refractivity contribution in [3.63, 3.8) is 0 Å². The topological polar surface area (TPSA) is 83.5 Å². The quantitative estimate of drug-likeness (QED) is 0.541. The van der Waals surface area contributed by atoms with Crippen molar-refractivity contribution in [3.05, 3.63) is 23.0 Å². The van der Waals surface area contributed by atoms with Crippen LogP contribution < -0.4 is 10.6 Å². The van der Waals surface area contributed by atoms with Crippen molar-refractivity contribution >= 4 is 23.2 Å². The molecule has 0 bridgehead atoms. The summed E-state index contributed by atoms with van der Waals surface area (Å²) in [4.78, 5) is 16.3. The largest absolute Gasteiger partial charge is 0.387 e. The van der Waals surface area contributed by atoms with Crippen LogP contribution in [0, 0.1) is 0 Å². The first-order valence-corrected chi connectivity index (χ1v) is 9.77. The summed E-state index contributed by atoms with van der Waals surface area (Å²) >= 11 is 5.90. The lowest BCUT2D eigenvalue weighted by Gasteiger charge is -2.23. The number of pyridine rings is 1. The lowest BCUT2D eigenvalue weighted by molar-refractivity contribution is -0.133. The van der Waals surface area contributed by atoms with Gasteiger partial charge in [-0.25, -0.2) is 18.2 Å². The first kappa shape index (κ1) is 23.7. The second-order valence-electron chi connectivity index (χ2n) is 8.10. The maximum atomic E-state index is 14.2. The van der Waals surface area contributed by atoms with Crippen molar-refractivity contribution in [1.82, 2.24) is 10.3 Å². The Kier molecular flexibility index (Phi) is 7.40. The third-order valence-electron chi connectivity index (χ3n) is 4.61. The monoisotopic (exact) mass is 437 g/mol. The summed E-state index contributed by atoms with van der Waals surface area (Å²) in [6.45, 7) is 5.53. The fourth-order valence-corrected chi connectivity index (χ4v) is 3.20. The molecular formula is C19H27ClF3N3O3. The molecule has 6 nitrogen and oxygen atoms in total. The Bertz CT molecular complexity index is 728. The number of halogens is 4. The highest BCUT2D eigenvalue weighted by Gasteiger charge is 2.50. The number of ether oxygens (including phenoxy) is 1. The fraction of sp³-hybridized carbons (Fsp3) is 0.684. The molecule has 1 heterocycles. The highest BCUT2D eigenvalue weighted by molar-refractivity contribution is 6.29. The second-order valence-corrected chi connectivity index (χ2v) is 8.49. The van der Waals surface area contributed by atoms with Gasteiger partial charge in [-0.05, 0) is 40.2 Å². The van der Waals surface area contributed by atoms with Crippen molar-refractivity contribution < 1.29 is 27.8 Å². The van der Waals surface area contributed by atoms with E-state index in [1.54, 1.807) is 13.8 Å². The number of anilines is 1. The van der Waals surface area contributed by atoms with E-state index in [1.165, 1.54) is 26.1 Å². The van der Waals surface area contributed by atoms with Crippen LogP contribution in [0.4, 0.5) is 18.9 Å². The van der Waals surface area contributed by atoms with E-state index in [1.807, 2.05) is 0 Å². The van der Waals surface area contributed by atoms with Crippen LogP contribution in [0.5, 0.6) is 0 Å². The molecule has 0 aromatic carbocycles. The van der Waals surface area contributed by atoms with Gasteiger partial charge in [0.25, 0.3) is 11.8 Å². The molecule has 164 valence electrons. The van der Waals surface area contributed by atoms with Gasteiger partial charge in [0.15, 0.2) is 0 Å². The Balaban J connectivity index is 2.12.